The second-order valence-corrected chi connectivity index (χ2v) is 8.84. The normalized spacial score (nSPS) is 13.1. The lowest BCUT2D eigenvalue weighted by atomic mass is 9.91. The maximum atomic E-state index is 13.6. The molecule has 0 atom stereocenters. The van der Waals surface area contributed by atoms with Crippen molar-refractivity contribution in [2.45, 2.75) is 27.3 Å². The lowest BCUT2D eigenvalue weighted by molar-refractivity contribution is -0.120. The molecular weight excluding hydrogens is 392 g/mol. The van der Waals surface area contributed by atoms with Gasteiger partial charge < -0.3 is 0 Å². The van der Waals surface area contributed by atoms with Crippen LogP contribution in [0.15, 0.2) is 53.3 Å². The Labute approximate surface area is 171 Å². The van der Waals surface area contributed by atoms with Crippen LogP contribution in [0.3, 0.4) is 0 Å². The van der Waals surface area contributed by atoms with E-state index in [1.54, 1.807) is 51.1 Å². The fourth-order valence-corrected chi connectivity index (χ4v) is 3.69. The van der Waals surface area contributed by atoms with E-state index < -0.39 is 5.41 Å². The fraction of sp³-hybridized carbons (Fsp3) is 0.217. The van der Waals surface area contributed by atoms with Crippen LogP contribution in [0, 0.1) is 17.0 Å². The van der Waals surface area contributed by atoms with Gasteiger partial charge in [0.2, 0.25) is 0 Å². The van der Waals surface area contributed by atoms with Gasteiger partial charge in [-0.3, -0.25) is 14.2 Å². The van der Waals surface area contributed by atoms with Crippen LogP contribution in [0.1, 0.15) is 31.9 Å². The number of hydrogen-bond donors (Lipinski definition) is 0. The summed E-state index contributed by atoms with van der Waals surface area (Å²) in [5.74, 6) is -0.859. The van der Waals surface area contributed by atoms with Crippen LogP contribution in [0.4, 0.5) is 8.78 Å². The Kier molecular flexibility index (Phi) is 5.94. The van der Waals surface area contributed by atoms with Crippen LogP contribution in [0.5, 0.6) is 0 Å². The maximum absolute atomic E-state index is 13.6. The molecule has 0 aliphatic heterocycles. The molecule has 0 radical (unpaired) electrons. The molecule has 3 rings (SSSR count). The average molecular weight is 413 g/mol. The summed E-state index contributed by atoms with van der Waals surface area (Å²) in [6.45, 7) is 5.56. The van der Waals surface area contributed by atoms with Crippen molar-refractivity contribution >= 4 is 29.3 Å². The second kappa shape index (κ2) is 8.25. The van der Waals surface area contributed by atoms with Gasteiger partial charge in [-0.05, 0) is 41.5 Å². The minimum atomic E-state index is -0.593. The summed E-state index contributed by atoms with van der Waals surface area (Å²) in [6.07, 6.45) is 3.13. The number of halogens is 2. The first kappa shape index (κ1) is 20.9. The highest BCUT2D eigenvalue weighted by atomic mass is 32.1. The van der Waals surface area contributed by atoms with Crippen molar-refractivity contribution < 1.29 is 13.6 Å². The lowest BCUT2D eigenvalue weighted by Gasteiger charge is -2.13. The highest BCUT2D eigenvalue weighted by molar-refractivity contribution is 7.07. The molecule has 0 unspecified atom stereocenters. The summed E-state index contributed by atoms with van der Waals surface area (Å²) in [7, 11) is 0. The third-order valence-corrected chi connectivity index (χ3v) is 5.39. The van der Waals surface area contributed by atoms with Crippen molar-refractivity contribution in [1.29, 1.82) is 0 Å². The number of ketones is 1. The van der Waals surface area contributed by atoms with Crippen LogP contribution in [0.2, 0.25) is 0 Å². The number of thiazole rings is 1. The molecule has 6 heteroatoms. The fourth-order valence-electron chi connectivity index (χ4n) is 2.65. The molecule has 3 aromatic rings. The van der Waals surface area contributed by atoms with Gasteiger partial charge >= 0.3 is 0 Å². The van der Waals surface area contributed by atoms with Crippen molar-refractivity contribution in [2.24, 2.45) is 5.41 Å². The van der Waals surface area contributed by atoms with E-state index in [-0.39, 0.29) is 29.5 Å². The van der Waals surface area contributed by atoms with Gasteiger partial charge in [-0.15, -0.1) is 11.3 Å². The predicted molar refractivity (Wildman–Crippen MR) is 112 cm³/mol. The van der Waals surface area contributed by atoms with E-state index in [1.165, 1.54) is 46.2 Å². The van der Waals surface area contributed by atoms with Crippen molar-refractivity contribution in [2.75, 3.05) is 0 Å². The predicted octanol–water partition coefficient (Wildman–Crippen LogP) is 3.46. The van der Waals surface area contributed by atoms with Crippen molar-refractivity contribution in [3.05, 3.63) is 90.8 Å². The molecule has 29 heavy (non-hydrogen) atoms. The number of nitrogens with zero attached hydrogens (tertiary/aromatic N) is 1. The van der Waals surface area contributed by atoms with Gasteiger partial charge in [-0.2, -0.15) is 0 Å². The summed E-state index contributed by atoms with van der Waals surface area (Å²) < 4.78 is 29.1. The topological polar surface area (TPSA) is 39.1 Å². The van der Waals surface area contributed by atoms with Crippen molar-refractivity contribution in [1.82, 2.24) is 4.57 Å². The third kappa shape index (κ3) is 5.15. The number of hydrogen-bond acceptors (Lipinski definition) is 3. The van der Waals surface area contributed by atoms with E-state index in [0.717, 1.165) is 0 Å². The average Bonchev–Trinajstić information content (AvgIpc) is 2.92. The van der Waals surface area contributed by atoms with Crippen LogP contribution in [-0.2, 0) is 11.3 Å². The molecule has 0 amide bonds. The highest BCUT2D eigenvalue weighted by Crippen LogP contribution is 2.15. The second-order valence-electron chi connectivity index (χ2n) is 7.78. The number of benzene rings is 2. The van der Waals surface area contributed by atoms with Gasteiger partial charge in [0.25, 0.3) is 5.56 Å². The SMILES string of the molecule is CC(C)(C)C(=O)C=c1sc(=Cc2ccc(F)cc2)c(=O)n1Cc1cccc(F)c1. The zero-order chi connectivity index (χ0) is 21.2. The third-order valence-electron chi connectivity index (χ3n) is 4.33. The van der Waals surface area contributed by atoms with E-state index in [1.807, 2.05) is 0 Å². The zero-order valence-electron chi connectivity index (χ0n) is 16.4. The molecule has 0 saturated heterocycles. The molecule has 0 bridgehead atoms. The van der Waals surface area contributed by atoms with Gasteiger partial charge in [0.1, 0.15) is 16.3 Å². The highest BCUT2D eigenvalue weighted by Gasteiger charge is 2.19. The van der Waals surface area contributed by atoms with Crippen LogP contribution in [0.25, 0.3) is 12.2 Å². The van der Waals surface area contributed by atoms with Gasteiger partial charge in [0.15, 0.2) is 5.78 Å². The van der Waals surface area contributed by atoms with Crippen molar-refractivity contribution in [3.8, 4) is 0 Å². The standard InChI is InChI=1S/C23H21F2NO2S/c1-23(2,3)20(27)13-21-26(14-16-5-4-6-18(25)11-16)22(28)19(29-21)12-15-7-9-17(24)10-8-15/h4-13H,14H2,1-3H3. The van der Waals surface area contributed by atoms with E-state index in [9.17, 15) is 18.4 Å². The summed E-state index contributed by atoms with van der Waals surface area (Å²) >= 11 is 1.18. The molecule has 1 heterocycles. The smallest absolute Gasteiger partial charge is 0.269 e. The van der Waals surface area contributed by atoms with Gasteiger partial charge in [-0.1, -0.05) is 45.0 Å². The number of carbonyl (C=O) groups excluding carboxylic acids is 1. The van der Waals surface area contributed by atoms with Crippen LogP contribution >= 0.6 is 11.3 Å². The van der Waals surface area contributed by atoms with Crippen LogP contribution in [-0.4, -0.2) is 10.4 Å². The Morgan fingerprint density at radius 2 is 1.76 bits per heavy atom. The molecule has 150 valence electrons. The van der Waals surface area contributed by atoms with Gasteiger partial charge in [0.05, 0.1) is 11.1 Å². The monoisotopic (exact) mass is 413 g/mol. The Morgan fingerprint density at radius 3 is 2.38 bits per heavy atom. The molecule has 0 spiro atoms. The molecule has 0 fully saturated rings. The minimum Gasteiger partial charge on any atom is -0.294 e. The minimum absolute atomic E-state index is 0.111. The molecule has 0 N–H and O–H groups in total. The Balaban J connectivity index is 2.17. The Bertz CT molecular complexity index is 1220. The molecule has 3 nitrogen and oxygen atoms in total. The Morgan fingerprint density at radius 1 is 1.07 bits per heavy atom. The summed E-state index contributed by atoms with van der Waals surface area (Å²) in [6, 6.07) is 11.8. The largest absolute Gasteiger partial charge is 0.294 e. The quantitative estimate of drug-likeness (QED) is 0.657. The van der Waals surface area contributed by atoms with E-state index in [0.29, 0.717) is 20.3 Å². The zero-order valence-corrected chi connectivity index (χ0v) is 17.2. The summed E-state index contributed by atoms with van der Waals surface area (Å²) in [4.78, 5) is 25.6. The summed E-state index contributed by atoms with van der Waals surface area (Å²) in [5, 5.41) is 0. The first-order valence-corrected chi connectivity index (χ1v) is 9.93. The van der Waals surface area contributed by atoms with E-state index in [4.69, 9.17) is 0 Å². The number of Topliss-reactive ketones (excluding diaryl/α,β-unsaturated/α-hetero) is 1. The van der Waals surface area contributed by atoms with Gasteiger partial charge in [-0.25, -0.2) is 8.78 Å². The lowest BCUT2D eigenvalue weighted by Crippen LogP contribution is -2.32. The molecule has 0 aliphatic carbocycles. The van der Waals surface area contributed by atoms with Crippen molar-refractivity contribution in [3.63, 3.8) is 0 Å². The molecule has 2 aromatic carbocycles. The van der Waals surface area contributed by atoms with E-state index in [2.05, 4.69) is 0 Å². The molecule has 0 aliphatic rings. The summed E-state index contributed by atoms with van der Waals surface area (Å²) in [5.41, 5.74) is 0.425. The van der Waals surface area contributed by atoms with Crippen LogP contribution < -0.4 is 14.8 Å². The van der Waals surface area contributed by atoms with E-state index >= 15 is 0 Å². The van der Waals surface area contributed by atoms with Gasteiger partial charge in [0, 0.05) is 11.5 Å². The first-order valence-electron chi connectivity index (χ1n) is 9.11. The number of carbonyl (C=O) groups is 1. The Hall–Kier alpha value is -2.86. The number of aromatic nitrogens is 1. The number of rotatable bonds is 4. The maximum Gasteiger partial charge on any atom is 0.269 e. The first-order chi connectivity index (χ1) is 13.6. The molecule has 1 aromatic heterocycles. The molecular formula is C23H21F2NO2S. The molecule has 0 saturated carbocycles.